The Kier molecular flexibility index (Phi) is 4.13. The second-order valence-electron chi connectivity index (χ2n) is 4.29. The fraction of sp³-hybridized carbons (Fsp3) is 0.214. The quantitative estimate of drug-likeness (QED) is 0.911. The van der Waals surface area contributed by atoms with E-state index < -0.39 is 11.7 Å². The number of nitrogens with one attached hydrogen (secondary N) is 1. The minimum atomic E-state index is -4.37. The van der Waals surface area contributed by atoms with Crippen LogP contribution in [0.1, 0.15) is 25.7 Å². The van der Waals surface area contributed by atoms with E-state index in [1.54, 1.807) is 12.1 Å². The summed E-state index contributed by atoms with van der Waals surface area (Å²) in [5, 5.41) is 2.61. The van der Waals surface area contributed by atoms with E-state index in [9.17, 15) is 18.0 Å². The van der Waals surface area contributed by atoms with Gasteiger partial charge in [-0.3, -0.25) is 4.79 Å². The fourth-order valence-electron chi connectivity index (χ4n) is 1.68. The number of carbonyl (C=O) groups is 1. The summed E-state index contributed by atoms with van der Waals surface area (Å²) in [4.78, 5) is 13.3. The lowest BCUT2D eigenvalue weighted by atomic mass is 10.1. The number of alkyl halides is 3. The predicted molar refractivity (Wildman–Crippen MR) is 71.7 cm³/mol. The molecule has 2 nitrogen and oxygen atoms in total. The van der Waals surface area contributed by atoms with E-state index in [1.807, 2.05) is 13.0 Å². The molecule has 0 radical (unpaired) electrons. The van der Waals surface area contributed by atoms with Crippen molar-refractivity contribution >= 4 is 17.2 Å². The summed E-state index contributed by atoms with van der Waals surface area (Å²) in [6, 6.07) is 8.45. The molecule has 2 aromatic rings. The van der Waals surface area contributed by atoms with E-state index in [0.717, 1.165) is 17.0 Å². The van der Waals surface area contributed by atoms with Crippen molar-refractivity contribution in [2.75, 3.05) is 0 Å². The van der Waals surface area contributed by atoms with Crippen LogP contribution in [0.4, 0.5) is 13.2 Å². The second kappa shape index (κ2) is 5.66. The topological polar surface area (TPSA) is 29.1 Å². The molecule has 20 heavy (non-hydrogen) atoms. The van der Waals surface area contributed by atoms with Gasteiger partial charge in [-0.25, -0.2) is 0 Å². The maximum Gasteiger partial charge on any atom is 0.416 e. The molecule has 0 aliphatic heterocycles. The van der Waals surface area contributed by atoms with E-state index >= 15 is 0 Å². The zero-order chi connectivity index (χ0) is 14.8. The number of hydrogen-bond acceptors (Lipinski definition) is 2. The Morgan fingerprint density at radius 2 is 2.00 bits per heavy atom. The van der Waals surface area contributed by atoms with Crippen LogP contribution in [0.5, 0.6) is 0 Å². The summed E-state index contributed by atoms with van der Waals surface area (Å²) in [5.41, 5.74) is -0.294. The van der Waals surface area contributed by atoms with Crippen LogP contribution in [-0.4, -0.2) is 5.91 Å². The van der Waals surface area contributed by atoms with E-state index in [-0.39, 0.29) is 12.5 Å². The lowest BCUT2D eigenvalue weighted by Gasteiger charge is -2.09. The summed E-state index contributed by atoms with van der Waals surface area (Å²) >= 11 is 1.35. The number of aryl methyl sites for hydroxylation is 1. The highest BCUT2D eigenvalue weighted by Crippen LogP contribution is 2.29. The molecule has 0 fully saturated rings. The van der Waals surface area contributed by atoms with Gasteiger partial charge in [0.25, 0.3) is 5.91 Å². The average molecular weight is 299 g/mol. The van der Waals surface area contributed by atoms with Gasteiger partial charge in [-0.05, 0) is 36.8 Å². The SMILES string of the molecule is Cc1ccc(C(=O)NCc2cccc(C(F)(F)F)c2)s1. The highest BCUT2D eigenvalue weighted by molar-refractivity contribution is 7.13. The molecule has 6 heteroatoms. The van der Waals surface area contributed by atoms with Crippen LogP contribution in [0.3, 0.4) is 0 Å². The van der Waals surface area contributed by atoms with Gasteiger partial charge in [-0.15, -0.1) is 11.3 Å². The molecule has 1 heterocycles. The number of thiophene rings is 1. The van der Waals surface area contributed by atoms with Crippen molar-refractivity contribution in [1.29, 1.82) is 0 Å². The first-order valence-corrected chi connectivity index (χ1v) is 6.68. The molecule has 1 amide bonds. The Labute approximate surface area is 118 Å². The van der Waals surface area contributed by atoms with Crippen molar-refractivity contribution in [3.05, 3.63) is 57.3 Å². The Hall–Kier alpha value is -1.82. The van der Waals surface area contributed by atoms with E-state index in [0.29, 0.717) is 10.4 Å². The van der Waals surface area contributed by atoms with Gasteiger partial charge < -0.3 is 5.32 Å². The number of rotatable bonds is 3. The monoisotopic (exact) mass is 299 g/mol. The molecule has 0 saturated heterocycles. The molecule has 0 aliphatic rings. The molecule has 1 N–H and O–H groups in total. The normalized spacial score (nSPS) is 11.4. The first kappa shape index (κ1) is 14.6. The van der Waals surface area contributed by atoms with Gasteiger partial charge in [0.2, 0.25) is 0 Å². The number of halogens is 3. The minimum absolute atomic E-state index is 0.0691. The highest BCUT2D eigenvalue weighted by Gasteiger charge is 2.30. The summed E-state index contributed by atoms with van der Waals surface area (Å²) in [6.07, 6.45) is -4.37. The Balaban J connectivity index is 2.02. The molecule has 1 aromatic carbocycles. The van der Waals surface area contributed by atoms with Gasteiger partial charge >= 0.3 is 6.18 Å². The summed E-state index contributed by atoms with van der Waals surface area (Å²) in [5.74, 6) is -0.277. The van der Waals surface area contributed by atoms with Gasteiger partial charge in [0, 0.05) is 11.4 Å². The van der Waals surface area contributed by atoms with Gasteiger partial charge in [-0.2, -0.15) is 13.2 Å². The summed E-state index contributed by atoms with van der Waals surface area (Å²) in [7, 11) is 0. The molecule has 0 aliphatic carbocycles. The third-order valence-electron chi connectivity index (χ3n) is 2.67. The highest BCUT2D eigenvalue weighted by atomic mass is 32.1. The molecule has 0 atom stereocenters. The van der Waals surface area contributed by atoms with Gasteiger partial charge in [0.15, 0.2) is 0 Å². The Morgan fingerprint density at radius 1 is 1.25 bits per heavy atom. The third-order valence-corrected chi connectivity index (χ3v) is 3.67. The van der Waals surface area contributed by atoms with Gasteiger partial charge in [-0.1, -0.05) is 12.1 Å². The first-order chi connectivity index (χ1) is 9.36. The van der Waals surface area contributed by atoms with E-state index in [2.05, 4.69) is 5.32 Å². The third kappa shape index (κ3) is 3.60. The van der Waals surface area contributed by atoms with Crippen LogP contribution in [0.15, 0.2) is 36.4 Å². The van der Waals surface area contributed by atoms with Gasteiger partial charge in [0.1, 0.15) is 0 Å². The number of hydrogen-bond donors (Lipinski definition) is 1. The van der Waals surface area contributed by atoms with Crippen molar-refractivity contribution in [1.82, 2.24) is 5.32 Å². The molecule has 0 unspecified atom stereocenters. The molecule has 0 bridgehead atoms. The van der Waals surface area contributed by atoms with Crippen LogP contribution < -0.4 is 5.32 Å². The zero-order valence-corrected chi connectivity index (χ0v) is 11.4. The largest absolute Gasteiger partial charge is 0.416 e. The molecule has 1 aromatic heterocycles. The number of carbonyl (C=O) groups excluding carboxylic acids is 1. The Bertz CT molecular complexity index is 619. The lowest BCUT2D eigenvalue weighted by molar-refractivity contribution is -0.137. The first-order valence-electron chi connectivity index (χ1n) is 5.87. The van der Waals surface area contributed by atoms with Crippen molar-refractivity contribution in [2.24, 2.45) is 0 Å². The standard InChI is InChI=1S/C14H12F3NOS/c1-9-5-6-12(20-9)13(19)18-8-10-3-2-4-11(7-10)14(15,16)17/h2-7H,8H2,1H3,(H,18,19). The van der Waals surface area contributed by atoms with Gasteiger partial charge in [0.05, 0.1) is 10.4 Å². The Morgan fingerprint density at radius 3 is 2.60 bits per heavy atom. The molecule has 0 saturated carbocycles. The van der Waals surface area contributed by atoms with E-state index in [4.69, 9.17) is 0 Å². The second-order valence-corrected chi connectivity index (χ2v) is 5.58. The lowest BCUT2D eigenvalue weighted by Crippen LogP contribution is -2.22. The number of amides is 1. The maximum atomic E-state index is 12.5. The van der Waals surface area contributed by atoms with Crippen LogP contribution in [0.25, 0.3) is 0 Å². The average Bonchev–Trinajstić information content (AvgIpc) is 2.82. The summed E-state index contributed by atoms with van der Waals surface area (Å²) < 4.78 is 37.6. The smallest absolute Gasteiger partial charge is 0.347 e. The maximum absolute atomic E-state index is 12.5. The van der Waals surface area contributed by atoms with Crippen molar-refractivity contribution in [3.63, 3.8) is 0 Å². The summed E-state index contributed by atoms with van der Waals surface area (Å²) in [6.45, 7) is 1.95. The minimum Gasteiger partial charge on any atom is -0.347 e. The predicted octanol–water partition coefficient (Wildman–Crippen LogP) is 4.01. The van der Waals surface area contributed by atoms with Crippen LogP contribution in [0.2, 0.25) is 0 Å². The van der Waals surface area contributed by atoms with E-state index in [1.165, 1.54) is 17.4 Å². The molecule has 2 rings (SSSR count). The molecule has 0 spiro atoms. The molecular formula is C14H12F3NOS. The zero-order valence-electron chi connectivity index (χ0n) is 10.6. The molecular weight excluding hydrogens is 287 g/mol. The van der Waals surface area contributed by atoms with Crippen LogP contribution in [-0.2, 0) is 12.7 Å². The van der Waals surface area contributed by atoms with Crippen molar-refractivity contribution in [2.45, 2.75) is 19.6 Å². The molecule has 106 valence electrons. The van der Waals surface area contributed by atoms with Crippen molar-refractivity contribution in [3.8, 4) is 0 Å². The fourth-order valence-corrected chi connectivity index (χ4v) is 2.47. The van der Waals surface area contributed by atoms with Crippen LogP contribution >= 0.6 is 11.3 Å². The van der Waals surface area contributed by atoms with Crippen molar-refractivity contribution < 1.29 is 18.0 Å². The number of benzene rings is 1. The van der Waals surface area contributed by atoms with Crippen LogP contribution in [0, 0.1) is 6.92 Å².